The van der Waals surface area contributed by atoms with E-state index >= 15 is 0 Å². The van der Waals surface area contributed by atoms with Crippen LogP contribution in [0.15, 0.2) is 12.3 Å². The molecule has 0 radical (unpaired) electrons. The van der Waals surface area contributed by atoms with E-state index in [4.69, 9.17) is 23.2 Å². The van der Waals surface area contributed by atoms with Crippen molar-refractivity contribution in [2.75, 3.05) is 7.05 Å². The van der Waals surface area contributed by atoms with E-state index in [1.165, 1.54) is 0 Å². The fraction of sp³-hybridized carbons (Fsp3) is 0.545. The molecule has 15 heavy (non-hydrogen) atoms. The molecule has 0 amide bonds. The molecule has 0 spiro atoms. The molecule has 0 aliphatic carbocycles. The molecule has 4 heteroatoms. The quantitative estimate of drug-likeness (QED) is 0.863. The highest BCUT2D eigenvalue weighted by molar-refractivity contribution is 6.34. The molecule has 1 aromatic rings. The third kappa shape index (κ3) is 3.98. The molecule has 1 rings (SSSR count). The normalized spacial score (nSPS) is 12.8. The molecule has 2 nitrogen and oxygen atoms in total. The lowest BCUT2D eigenvalue weighted by Crippen LogP contribution is -2.27. The topological polar surface area (TPSA) is 24.9 Å². The average molecular weight is 247 g/mol. The third-order valence-electron chi connectivity index (χ3n) is 2.37. The molecule has 0 aliphatic rings. The Hall–Kier alpha value is -0.310. The number of rotatable bonds is 5. The molecule has 1 atom stereocenters. The maximum atomic E-state index is 6.06. The second-order valence-electron chi connectivity index (χ2n) is 3.56. The summed E-state index contributed by atoms with van der Waals surface area (Å²) in [5.41, 5.74) is 0.911. The van der Waals surface area contributed by atoms with Crippen LogP contribution in [0.25, 0.3) is 0 Å². The van der Waals surface area contributed by atoms with Crippen LogP contribution < -0.4 is 5.32 Å². The number of aromatic nitrogens is 1. The third-order valence-corrected chi connectivity index (χ3v) is 2.90. The molecule has 0 fully saturated rings. The molecule has 1 unspecified atom stereocenters. The Morgan fingerprint density at radius 3 is 2.73 bits per heavy atom. The van der Waals surface area contributed by atoms with E-state index in [1.807, 2.05) is 7.05 Å². The van der Waals surface area contributed by atoms with Crippen LogP contribution in [0, 0.1) is 0 Å². The van der Waals surface area contributed by atoms with Gasteiger partial charge in [0.2, 0.25) is 0 Å². The molecule has 0 saturated heterocycles. The van der Waals surface area contributed by atoms with Crippen molar-refractivity contribution in [1.29, 1.82) is 0 Å². The van der Waals surface area contributed by atoms with E-state index in [0.717, 1.165) is 25.0 Å². The van der Waals surface area contributed by atoms with E-state index < -0.39 is 0 Å². The van der Waals surface area contributed by atoms with Crippen LogP contribution >= 0.6 is 23.2 Å². The van der Waals surface area contributed by atoms with Crippen LogP contribution in [-0.2, 0) is 6.42 Å². The highest BCUT2D eigenvalue weighted by atomic mass is 35.5. The van der Waals surface area contributed by atoms with E-state index in [-0.39, 0.29) is 0 Å². The number of nitrogens with zero attached hydrogens (tertiary/aromatic N) is 1. The first-order valence-corrected chi connectivity index (χ1v) is 5.90. The molecule has 0 saturated carbocycles. The van der Waals surface area contributed by atoms with Crippen molar-refractivity contribution >= 4 is 23.2 Å². The van der Waals surface area contributed by atoms with Crippen molar-refractivity contribution in [3.05, 3.63) is 28.0 Å². The zero-order valence-electron chi connectivity index (χ0n) is 9.06. The number of hydrogen-bond donors (Lipinski definition) is 1. The second-order valence-corrected chi connectivity index (χ2v) is 4.40. The Morgan fingerprint density at radius 1 is 1.47 bits per heavy atom. The van der Waals surface area contributed by atoms with Crippen molar-refractivity contribution in [1.82, 2.24) is 10.3 Å². The molecule has 1 N–H and O–H groups in total. The monoisotopic (exact) mass is 246 g/mol. The smallest absolute Gasteiger partial charge is 0.0636 e. The zero-order chi connectivity index (χ0) is 11.3. The molecule has 0 aliphatic heterocycles. The number of likely N-dealkylation sites (N-methyl/N-ethyl adjacent to an activating group) is 1. The Balaban J connectivity index is 2.70. The minimum Gasteiger partial charge on any atom is -0.317 e. The van der Waals surface area contributed by atoms with Gasteiger partial charge < -0.3 is 5.32 Å². The first kappa shape index (κ1) is 12.8. The standard InChI is InChI=1S/C11H16Cl2N2/c1-3-4-9(14-2)6-11-10(13)5-8(12)7-15-11/h5,7,9,14H,3-4,6H2,1-2H3. The molecular formula is C11H16Cl2N2. The number of hydrogen-bond acceptors (Lipinski definition) is 2. The van der Waals surface area contributed by atoms with Crippen molar-refractivity contribution in [2.24, 2.45) is 0 Å². The fourth-order valence-corrected chi connectivity index (χ4v) is 1.98. The minimum absolute atomic E-state index is 0.432. The van der Waals surface area contributed by atoms with Crippen molar-refractivity contribution in [3.8, 4) is 0 Å². The van der Waals surface area contributed by atoms with Gasteiger partial charge in [-0.2, -0.15) is 0 Å². The number of pyridine rings is 1. The highest BCUT2D eigenvalue weighted by Gasteiger charge is 2.10. The van der Waals surface area contributed by atoms with Gasteiger partial charge in [0.25, 0.3) is 0 Å². The van der Waals surface area contributed by atoms with Crippen molar-refractivity contribution in [3.63, 3.8) is 0 Å². The number of halogens is 2. The molecular weight excluding hydrogens is 231 g/mol. The van der Waals surface area contributed by atoms with Crippen LogP contribution in [0.1, 0.15) is 25.5 Å². The van der Waals surface area contributed by atoms with Gasteiger partial charge in [0.05, 0.1) is 15.7 Å². The summed E-state index contributed by atoms with van der Waals surface area (Å²) in [5, 5.41) is 4.50. The lowest BCUT2D eigenvalue weighted by atomic mass is 10.1. The first-order chi connectivity index (χ1) is 7.17. The summed E-state index contributed by atoms with van der Waals surface area (Å²) >= 11 is 11.8. The van der Waals surface area contributed by atoms with E-state index in [0.29, 0.717) is 16.1 Å². The maximum absolute atomic E-state index is 6.06. The Morgan fingerprint density at radius 2 is 2.20 bits per heavy atom. The summed E-state index contributed by atoms with van der Waals surface area (Å²) in [6, 6.07) is 2.17. The van der Waals surface area contributed by atoms with Crippen LogP contribution in [0.3, 0.4) is 0 Å². The van der Waals surface area contributed by atoms with E-state index in [2.05, 4.69) is 17.2 Å². The van der Waals surface area contributed by atoms with Gasteiger partial charge in [-0.25, -0.2) is 0 Å². The van der Waals surface area contributed by atoms with Crippen LogP contribution in [-0.4, -0.2) is 18.1 Å². The van der Waals surface area contributed by atoms with Gasteiger partial charge in [0, 0.05) is 18.7 Å². The Labute approximate surface area is 101 Å². The van der Waals surface area contributed by atoms with Gasteiger partial charge in [-0.05, 0) is 19.5 Å². The molecule has 0 aromatic carbocycles. The van der Waals surface area contributed by atoms with E-state index in [9.17, 15) is 0 Å². The van der Waals surface area contributed by atoms with Gasteiger partial charge in [0.1, 0.15) is 0 Å². The predicted molar refractivity (Wildman–Crippen MR) is 65.7 cm³/mol. The zero-order valence-corrected chi connectivity index (χ0v) is 10.6. The lowest BCUT2D eigenvalue weighted by Gasteiger charge is -2.15. The predicted octanol–water partition coefficient (Wildman–Crippen LogP) is 3.32. The maximum Gasteiger partial charge on any atom is 0.0636 e. The summed E-state index contributed by atoms with van der Waals surface area (Å²) in [5.74, 6) is 0. The van der Waals surface area contributed by atoms with Gasteiger partial charge in [-0.15, -0.1) is 0 Å². The summed E-state index contributed by atoms with van der Waals surface area (Å²) < 4.78 is 0. The van der Waals surface area contributed by atoms with E-state index in [1.54, 1.807) is 12.3 Å². The van der Waals surface area contributed by atoms with Gasteiger partial charge in [-0.3, -0.25) is 4.98 Å². The summed E-state index contributed by atoms with van der Waals surface area (Å²) in [4.78, 5) is 4.24. The van der Waals surface area contributed by atoms with Gasteiger partial charge in [0.15, 0.2) is 0 Å². The van der Waals surface area contributed by atoms with Crippen molar-refractivity contribution in [2.45, 2.75) is 32.2 Å². The summed E-state index contributed by atoms with van der Waals surface area (Å²) in [7, 11) is 1.96. The number of nitrogens with one attached hydrogen (secondary N) is 1. The molecule has 1 aromatic heterocycles. The first-order valence-electron chi connectivity index (χ1n) is 5.14. The van der Waals surface area contributed by atoms with Gasteiger partial charge >= 0.3 is 0 Å². The second kappa shape index (κ2) is 6.31. The molecule has 84 valence electrons. The fourth-order valence-electron chi connectivity index (χ4n) is 1.52. The summed E-state index contributed by atoms with van der Waals surface area (Å²) in [6.07, 6.45) is 4.76. The Kier molecular flexibility index (Phi) is 5.37. The van der Waals surface area contributed by atoms with Crippen LogP contribution in [0.4, 0.5) is 0 Å². The minimum atomic E-state index is 0.432. The van der Waals surface area contributed by atoms with Crippen LogP contribution in [0.2, 0.25) is 10.0 Å². The highest BCUT2D eigenvalue weighted by Crippen LogP contribution is 2.20. The van der Waals surface area contributed by atoms with Crippen LogP contribution in [0.5, 0.6) is 0 Å². The summed E-state index contributed by atoms with van der Waals surface area (Å²) in [6.45, 7) is 2.17. The van der Waals surface area contributed by atoms with Gasteiger partial charge in [-0.1, -0.05) is 36.5 Å². The molecule has 1 heterocycles. The Bertz CT molecular complexity index is 315. The SMILES string of the molecule is CCCC(Cc1ncc(Cl)cc1Cl)NC. The molecule has 0 bridgehead atoms. The average Bonchev–Trinajstić information content (AvgIpc) is 2.21. The van der Waals surface area contributed by atoms with Crippen molar-refractivity contribution < 1.29 is 0 Å². The lowest BCUT2D eigenvalue weighted by molar-refractivity contribution is 0.509. The largest absolute Gasteiger partial charge is 0.317 e.